The summed E-state index contributed by atoms with van der Waals surface area (Å²) >= 11 is 1.89. The molecule has 0 amide bonds. The van der Waals surface area contributed by atoms with Crippen LogP contribution in [0.2, 0.25) is 0 Å². The normalized spacial score (nSPS) is 18.2. The molecule has 1 aliphatic rings. The lowest BCUT2D eigenvalue weighted by molar-refractivity contribution is -0.138. The van der Waals surface area contributed by atoms with Crippen LogP contribution in [-0.2, 0) is 4.79 Å². The Hall–Kier alpha value is -1.00. The molecule has 1 atom stereocenters. The molecule has 17 heavy (non-hydrogen) atoms. The van der Waals surface area contributed by atoms with Gasteiger partial charge in [-0.15, -0.1) is 11.8 Å². The van der Waals surface area contributed by atoms with Crippen LogP contribution < -0.4 is 5.73 Å². The molecule has 3 N–H and O–H groups in total. The fourth-order valence-electron chi connectivity index (χ4n) is 2.09. The summed E-state index contributed by atoms with van der Waals surface area (Å²) in [6, 6.07) is 6.66. The van der Waals surface area contributed by atoms with Crippen LogP contribution in [0.15, 0.2) is 29.2 Å². The molecular weight excluding hydrogens is 234 g/mol. The minimum atomic E-state index is -0.985. The van der Waals surface area contributed by atoms with Crippen molar-refractivity contribution in [3.05, 3.63) is 29.8 Å². The molecule has 0 spiro atoms. The molecule has 92 valence electrons. The summed E-state index contributed by atoms with van der Waals surface area (Å²) in [6.07, 6.45) is 5.25. The van der Waals surface area contributed by atoms with Crippen molar-refractivity contribution in [2.45, 2.75) is 41.9 Å². The molecule has 1 aromatic carbocycles. The largest absolute Gasteiger partial charge is 0.480 e. The topological polar surface area (TPSA) is 63.3 Å². The molecule has 0 bridgehead atoms. The van der Waals surface area contributed by atoms with Crippen molar-refractivity contribution < 1.29 is 9.90 Å². The first kappa shape index (κ1) is 12.5. The summed E-state index contributed by atoms with van der Waals surface area (Å²) in [4.78, 5) is 11.9. The maximum absolute atomic E-state index is 10.7. The molecule has 3 nitrogen and oxygen atoms in total. The zero-order valence-corrected chi connectivity index (χ0v) is 10.5. The zero-order chi connectivity index (χ0) is 12.3. The van der Waals surface area contributed by atoms with Crippen molar-refractivity contribution in [3.63, 3.8) is 0 Å². The number of hydrogen-bond donors (Lipinski definition) is 2. The van der Waals surface area contributed by atoms with Crippen molar-refractivity contribution in [3.8, 4) is 0 Å². The van der Waals surface area contributed by atoms with E-state index in [4.69, 9.17) is 10.8 Å². The summed E-state index contributed by atoms with van der Waals surface area (Å²) in [5, 5.41) is 9.53. The fraction of sp³-hybridized carbons (Fsp3) is 0.462. The van der Waals surface area contributed by atoms with Gasteiger partial charge in [0.15, 0.2) is 0 Å². The van der Waals surface area contributed by atoms with Gasteiger partial charge >= 0.3 is 5.97 Å². The number of hydrogen-bond acceptors (Lipinski definition) is 3. The van der Waals surface area contributed by atoms with Gasteiger partial charge in [-0.2, -0.15) is 0 Å². The number of aliphatic carboxylic acids is 1. The van der Waals surface area contributed by atoms with Crippen molar-refractivity contribution in [1.82, 2.24) is 0 Å². The van der Waals surface area contributed by atoms with Crippen molar-refractivity contribution >= 4 is 17.7 Å². The van der Waals surface area contributed by atoms with Crippen LogP contribution in [-0.4, -0.2) is 16.3 Å². The Morgan fingerprint density at radius 1 is 1.29 bits per heavy atom. The molecule has 1 aliphatic carbocycles. The van der Waals surface area contributed by atoms with E-state index in [-0.39, 0.29) is 0 Å². The van der Waals surface area contributed by atoms with Crippen LogP contribution in [0.5, 0.6) is 0 Å². The van der Waals surface area contributed by atoms with E-state index in [1.54, 1.807) is 0 Å². The van der Waals surface area contributed by atoms with Gasteiger partial charge in [0.25, 0.3) is 0 Å². The second-order valence-corrected chi connectivity index (χ2v) is 5.78. The average molecular weight is 251 g/mol. The lowest BCUT2D eigenvalue weighted by atomic mass is 10.1. The van der Waals surface area contributed by atoms with Gasteiger partial charge in [0, 0.05) is 10.1 Å². The van der Waals surface area contributed by atoms with Gasteiger partial charge in [0.1, 0.15) is 6.04 Å². The molecule has 4 heteroatoms. The molecule has 0 aromatic heterocycles. The van der Waals surface area contributed by atoms with Gasteiger partial charge in [-0.05, 0) is 30.5 Å². The van der Waals surface area contributed by atoms with Crippen LogP contribution in [0.1, 0.15) is 37.3 Å². The number of rotatable bonds is 4. The first-order valence-corrected chi connectivity index (χ1v) is 6.80. The first-order chi connectivity index (χ1) is 8.16. The Balaban J connectivity index is 1.99. The second-order valence-electron chi connectivity index (χ2n) is 4.41. The van der Waals surface area contributed by atoms with Gasteiger partial charge in [-0.1, -0.05) is 25.0 Å². The number of carboxylic acid groups (broad SMARTS) is 1. The molecule has 1 unspecified atom stereocenters. The van der Waals surface area contributed by atoms with E-state index < -0.39 is 12.0 Å². The third-order valence-electron chi connectivity index (χ3n) is 3.11. The number of nitrogens with two attached hydrogens (primary N) is 1. The Bertz CT molecular complexity index is 385. The van der Waals surface area contributed by atoms with Crippen molar-refractivity contribution in [2.75, 3.05) is 0 Å². The van der Waals surface area contributed by atoms with Crippen molar-refractivity contribution in [1.29, 1.82) is 0 Å². The maximum atomic E-state index is 10.7. The molecule has 0 aliphatic heterocycles. The Morgan fingerprint density at radius 3 is 2.41 bits per heavy atom. The van der Waals surface area contributed by atoms with E-state index in [1.807, 2.05) is 36.0 Å². The van der Waals surface area contributed by atoms with Crippen LogP contribution in [0.25, 0.3) is 0 Å². The molecule has 1 aromatic rings. The van der Waals surface area contributed by atoms with Crippen LogP contribution >= 0.6 is 11.8 Å². The van der Waals surface area contributed by atoms with E-state index in [9.17, 15) is 4.79 Å². The minimum Gasteiger partial charge on any atom is -0.480 e. The van der Waals surface area contributed by atoms with Crippen molar-refractivity contribution in [2.24, 2.45) is 5.73 Å². The standard InChI is InChI=1S/C13H17NO2S/c14-12(13(15)16)9-5-7-11(8-6-9)17-10-3-1-2-4-10/h5-8,10,12H,1-4,14H2,(H,15,16). The first-order valence-electron chi connectivity index (χ1n) is 5.92. The lowest BCUT2D eigenvalue weighted by Crippen LogP contribution is -2.20. The van der Waals surface area contributed by atoms with Crippen LogP contribution in [0.4, 0.5) is 0 Å². The fourth-order valence-corrected chi connectivity index (χ4v) is 3.34. The van der Waals surface area contributed by atoms with Crippen LogP contribution in [0.3, 0.4) is 0 Å². The molecule has 2 rings (SSSR count). The number of thioether (sulfide) groups is 1. The van der Waals surface area contributed by atoms with E-state index in [2.05, 4.69) is 0 Å². The van der Waals surface area contributed by atoms with Gasteiger partial charge in [0.05, 0.1) is 0 Å². The van der Waals surface area contributed by atoms with Gasteiger partial charge < -0.3 is 10.8 Å². The molecule has 1 saturated carbocycles. The highest BCUT2D eigenvalue weighted by Crippen LogP contribution is 2.34. The average Bonchev–Trinajstić information content (AvgIpc) is 2.82. The predicted molar refractivity (Wildman–Crippen MR) is 69.1 cm³/mol. The highest BCUT2D eigenvalue weighted by molar-refractivity contribution is 8.00. The smallest absolute Gasteiger partial charge is 0.325 e. The second kappa shape index (κ2) is 5.56. The Labute approximate surface area is 105 Å². The van der Waals surface area contributed by atoms with Crippen LogP contribution in [0, 0.1) is 0 Å². The lowest BCUT2D eigenvalue weighted by Gasteiger charge is -2.10. The van der Waals surface area contributed by atoms with E-state index in [1.165, 1.54) is 30.6 Å². The molecule has 0 heterocycles. The zero-order valence-electron chi connectivity index (χ0n) is 9.63. The monoisotopic (exact) mass is 251 g/mol. The minimum absolute atomic E-state index is 0.660. The maximum Gasteiger partial charge on any atom is 0.325 e. The van der Waals surface area contributed by atoms with Gasteiger partial charge in [-0.25, -0.2) is 0 Å². The SMILES string of the molecule is NC(C(=O)O)c1ccc(SC2CCCC2)cc1. The number of benzene rings is 1. The summed E-state index contributed by atoms with van der Waals surface area (Å²) < 4.78 is 0. The van der Waals surface area contributed by atoms with E-state index in [0.717, 1.165) is 5.25 Å². The summed E-state index contributed by atoms with van der Waals surface area (Å²) in [5.74, 6) is -0.985. The predicted octanol–water partition coefficient (Wildman–Crippen LogP) is 2.81. The van der Waals surface area contributed by atoms with E-state index in [0.29, 0.717) is 5.56 Å². The molecule has 1 fully saturated rings. The summed E-state index contributed by atoms with van der Waals surface area (Å²) in [5.41, 5.74) is 6.21. The highest BCUT2D eigenvalue weighted by Gasteiger charge is 2.17. The summed E-state index contributed by atoms with van der Waals surface area (Å²) in [6.45, 7) is 0. The molecular formula is C13H17NO2S. The third kappa shape index (κ3) is 3.23. The quantitative estimate of drug-likeness (QED) is 0.863. The van der Waals surface area contributed by atoms with E-state index >= 15 is 0 Å². The summed E-state index contributed by atoms with van der Waals surface area (Å²) in [7, 11) is 0. The van der Waals surface area contributed by atoms with Gasteiger partial charge in [-0.3, -0.25) is 4.79 Å². The van der Waals surface area contributed by atoms with Gasteiger partial charge in [0.2, 0.25) is 0 Å². The Kier molecular flexibility index (Phi) is 4.07. The molecule has 0 saturated heterocycles. The highest BCUT2D eigenvalue weighted by atomic mass is 32.2. The number of carboxylic acids is 1. The number of carbonyl (C=O) groups is 1. The molecule has 0 radical (unpaired) electrons. The Morgan fingerprint density at radius 2 is 1.88 bits per heavy atom. The third-order valence-corrected chi connectivity index (χ3v) is 4.46.